The molecule has 59 heavy (non-hydrogen) atoms. The van der Waals surface area contributed by atoms with Crippen molar-refractivity contribution < 1.29 is 4.74 Å². The molecule has 6 unspecified atom stereocenters. The summed E-state index contributed by atoms with van der Waals surface area (Å²) in [6, 6.07) is 0. The summed E-state index contributed by atoms with van der Waals surface area (Å²) in [4.78, 5) is 2.43. The monoisotopic (exact) mass is 818 g/mol. The number of fused-ring (bicyclic) bond motifs is 5. The Bertz CT molecular complexity index is 1180. The summed E-state index contributed by atoms with van der Waals surface area (Å²) < 4.78 is 6.68. The molecule has 4 rings (SSSR count). The summed E-state index contributed by atoms with van der Waals surface area (Å²) in [7, 11) is 4.54. The molecule has 0 heterocycles. The van der Waals surface area contributed by atoms with Gasteiger partial charge in [0.15, 0.2) is 0 Å². The predicted octanol–water partition coefficient (Wildman–Crippen LogP) is 17.5. The first-order valence-electron chi connectivity index (χ1n) is 26.8. The van der Waals surface area contributed by atoms with Gasteiger partial charge in [0.1, 0.15) is 0 Å². The lowest BCUT2D eigenvalue weighted by Gasteiger charge is -2.58. The van der Waals surface area contributed by atoms with Crippen LogP contribution in [0.5, 0.6) is 0 Å². The van der Waals surface area contributed by atoms with Gasteiger partial charge in [0.05, 0.1) is 6.10 Å². The van der Waals surface area contributed by atoms with Crippen molar-refractivity contribution >= 4 is 0 Å². The first-order valence-corrected chi connectivity index (χ1v) is 26.8. The molecule has 0 aromatic heterocycles. The maximum atomic E-state index is 6.68. The lowest BCUT2D eigenvalue weighted by atomic mass is 9.47. The van der Waals surface area contributed by atoms with Gasteiger partial charge in [-0.15, -0.1) is 0 Å². The maximum Gasteiger partial charge on any atom is 0.0612 e. The van der Waals surface area contributed by atoms with Gasteiger partial charge in [-0.2, -0.15) is 0 Å². The van der Waals surface area contributed by atoms with E-state index in [2.05, 4.69) is 90.9 Å². The summed E-state index contributed by atoms with van der Waals surface area (Å²) in [5.74, 6) is 6.40. The van der Waals surface area contributed by atoms with Crippen molar-refractivity contribution in [2.24, 2.45) is 52.3 Å². The minimum absolute atomic E-state index is 0.439. The van der Waals surface area contributed by atoms with Gasteiger partial charge in [-0.3, -0.25) is 0 Å². The van der Waals surface area contributed by atoms with E-state index in [0.29, 0.717) is 16.9 Å². The number of unbranched alkanes of at least 4 members (excludes halogenated alkanes) is 14. The van der Waals surface area contributed by atoms with E-state index in [4.69, 9.17) is 4.74 Å². The van der Waals surface area contributed by atoms with Crippen molar-refractivity contribution in [3.05, 3.63) is 36.0 Å². The topological polar surface area (TPSA) is 12.5 Å². The zero-order valence-corrected chi connectivity index (χ0v) is 41.2. The largest absolute Gasteiger partial charge is 0.378 e. The van der Waals surface area contributed by atoms with E-state index in [0.717, 1.165) is 54.5 Å². The number of hydrogen-bond acceptors (Lipinski definition) is 2. The number of ether oxygens (including phenoxy) is 1. The number of rotatable bonds is 32. The molecule has 0 bridgehead atoms. The zero-order valence-electron chi connectivity index (χ0n) is 41.2. The molecule has 0 amide bonds. The number of nitrogens with zero attached hydrogens (tertiary/aromatic N) is 1. The van der Waals surface area contributed by atoms with E-state index in [1.807, 2.05) is 0 Å². The maximum absolute atomic E-state index is 6.68. The van der Waals surface area contributed by atoms with Crippen LogP contribution in [0, 0.1) is 52.3 Å². The molecule has 0 aliphatic heterocycles. The minimum Gasteiger partial charge on any atom is -0.378 e. The van der Waals surface area contributed by atoms with Crippen LogP contribution < -0.4 is 0 Å². The average Bonchev–Trinajstić information content (AvgIpc) is 3.57. The van der Waals surface area contributed by atoms with Crippen molar-refractivity contribution in [3.8, 4) is 0 Å². The third-order valence-electron chi connectivity index (χ3n) is 17.1. The zero-order chi connectivity index (χ0) is 42.4. The standard InChI is InChI=1S/C57H103NO/c1-9-10-11-12-13-14-15-16-17-18-19-20-21-22-23-24-25-26-28-34-49(46-58(7)8)35-29-27-30-44-59-51-40-42-56(5)50(45-51)36-37-52-54-39-38-53(48(4)33-31-32-47(2)3)57(54,6)43-41-55(52)56/h14-15,17-18,36,47-49,51-55H,9-13,16,19-35,37-46H2,1-8H3/b15-14?,18-17-/t48?,49?,51-,52?,53?,54?,55?,56-,57+/m0/s1. The van der Waals surface area contributed by atoms with E-state index in [1.165, 1.54) is 199 Å². The van der Waals surface area contributed by atoms with Gasteiger partial charge in [0.25, 0.3) is 0 Å². The first-order chi connectivity index (χ1) is 28.6. The second kappa shape index (κ2) is 28.0. The Kier molecular flexibility index (Phi) is 24.1. The van der Waals surface area contributed by atoms with Gasteiger partial charge < -0.3 is 9.64 Å². The van der Waals surface area contributed by atoms with Crippen LogP contribution in [0.15, 0.2) is 36.0 Å². The van der Waals surface area contributed by atoms with E-state index >= 15 is 0 Å². The Morgan fingerprint density at radius 1 is 0.678 bits per heavy atom. The van der Waals surface area contributed by atoms with E-state index in [-0.39, 0.29) is 0 Å². The third-order valence-corrected chi connectivity index (χ3v) is 17.1. The molecule has 2 heteroatoms. The smallest absolute Gasteiger partial charge is 0.0612 e. The van der Waals surface area contributed by atoms with Gasteiger partial charge in [-0.05, 0) is 169 Å². The second-order valence-electron chi connectivity index (χ2n) is 22.4. The van der Waals surface area contributed by atoms with Crippen molar-refractivity contribution in [2.45, 2.75) is 247 Å². The second-order valence-corrected chi connectivity index (χ2v) is 22.4. The Morgan fingerprint density at radius 2 is 1.32 bits per heavy atom. The van der Waals surface area contributed by atoms with Crippen LogP contribution in [0.25, 0.3) is 0 Å². The molecule has 3 saturated carbocycles. The SMILES string of the molecule is CCCCCCC=CC/C=C\CCCCCCCCCCC(CCCCCO[C@H]1CC[C@@]2(C)C(=CCC3C4CCC(C(C)CCCC(C)C)[C@@]4(C)CCC32)C1)CN(C)C. The van der Waals surface area contributed by atoms with Crippen LogP contribution in [0.1, 0.15) is 241 Å². The van der Waals surface area contributed by atoms with Crippen LogP contribution in [-0.4, -0.2) is 38.3 Å². The minimum atomic E-state index is 0.439. The van der Waals surface area contributed by atoms with Crippen molar-refractivity contribution in [2.75, 3.05) is 27.2 Å². The third kappa shape index (κ3) is 17.0. The van der Waals surface area contributed by atoms with Crippen molar-refractivity contribution in [1.29, 1.82) is 0 Å². The van der Waals surface area contributed by atoms with E-state index in [1.54, 1.807) is 5.57 Å². The van der Waals surface area contributed by atoms with Crippen LogP contribution in [-0.2, 0) is 4.74 Å². The summed E-state index contributed by atoms with van der Waals surface area (Å²) in [6.07, 6.45) is 55.6. The molecule has 342 valence electrons. The van der Waals surface area contributed by atoms with Gasteiger partial charge in [-0.25, -0.2) is 0 Å². The lowest BCUT2D eigenvalue weighted by molar-refractivity contribution is -0.0641. The predicted molar refractivity (Wildman–Crippen MR) is 261 cm³/mol. The van der Waals surface area contributed by atoms with Crippen LogP contribution >= 0.6 is 0 Å². The highest BCUT2D eigenvalue weighted by atomic mass is 16.5. The van der Waals surface area contributed by atoms with Crippen LogP contribution in [0.4, 0.5) is 0 Å². The lowest BCUT2D eigenvalue weighted by Crippen LogP contribution is -2.51. The Hall–Kier alpha value is -0.860. The first kappa shape index (κ1) is 50.8. The molecule has 2 nitrogen and oxygen atoms in total. The number of hydrogen-bond donors (Lipinski definition) is 0. The summed E-state index contributed by atoms with van der Waals surface area (Å²) in [5, 5.41) is 0. The van der Waals surface area contributed by atoms with Gasteiger partial charge in [-0.1, -0.05) is 174 Å². The molecule has 0 saturated heterocycles. The van der Waals surface area contributed by atoms with Gasteiger partial charge in [0.2, 0.25) is 0 Å². The summed E-state index contributed by atoms with van der Waals surface area (Å²) in [6.45, 7) is 17.4. The highest BCUT2D eigenvalue weighted by molar-refractivity contribution is 5.25. The average molecular weight is 818 g/mol. The van der Waals surface area contributed by atoms with Crippen LogP contribution in [0.2, 0.25) is 0 Å². The molecule has 0 aromatic rings. The highest BCUT2D eigenvalue weighted by Crippen LogP contribution is 2.67. The molecule has 0 N–H and O–H groups in total. The fraction of sp³-hybridized carbons (Fsp3) is 0.895. The van der Waals surface area contributed by atoms with Crippen molar-refractivity contribution in [3.63, 3.8) is 0 Å². The van der Waals surface area contributed by atoms with Gasteiger partial charge >= 0.3 is 0 Å². The molecule has 0 aromatic carbocycles. The molecule has 0 spiro atoms. The molecule has 3 fully saturated rings. The molecular weight excluding hydrogens is 715 g/mol. The Labute approximate surface area is 370 Å². The van der Waals surface area contributed by atoms with Gasteiger partial charge in [0, 0.05) is 13.2 Å². The summed E-state index contributed by atoms with van der Waals surface area (Å²) >= 11 is 0. The van der Waals surface area contributed by atoms with Crippen molar-refractivity contribution in [1.82, 2.24) is 4.90 Å². The normalized spacial score (nSPS) is 29.3. The van der Waals surface area contributed by atoms with E-state index in [9.17, 15) is 0 Å². The quantitative estimate of drug-likeness (QED) is 0.0495. The highest BCUT2D eigenvalue weighted by Gasteiger charge is 2.59. The Balaban J connectivity index is 1.03. The fourth-order valence-electron chi connectivity index (χ4n) is 13.6. The number of allylic oxidation sites excluding steroid dienone is 5. The fourth-order valence-corrected chi connectivity index (χ4v) is 13.6. The Morgan fingerprint density at radius 3 is 1.98 bits per heavy atom. The molecule has 4 aliphatic rings. The van der Waals surface area contributed by atoms with E-state index < -0.39 is 0 Å². The molecule has 0 radical (unpaired) electrons. The molecule has 9 atom stereocenters. The molecular formula is C57H103NO. The van der Waals surface area contributed by atoms with Crippen LogP contribution in [0.3, 0.4) is 0 Å². The molecule has 4 aliphatic carbocycles. The summed E-state index contributed by atoms with van der Waals surface area (Å²) in [5.41, 5.74) is 2.83.